The summed E-state index contributed by atoms with van der Waals surface area (Å²) < 4.78 is 133. The summed E-state index contributed by atoms with van der Waals surface area (Å²) in [4.78, 5) is -1.75. The molecule has 4 aromatic carbocycles. The van der Waals surface area contributed by atoms with Crippen LogP contribution in [0.25, 0.3) is 0 Å². The molecule has 0 heterocycles. The van der Waals surface area contributed by atoms with E-state index < -0.39 is 72.9 Å². The average Bonchev–Trinajstić information content (AvgIpc) is 2.88. The molecule has 0 spiro atoms. The molecule has 0 fully saturated rings. The number of rotatable bonds is 8. The molecule has 0 unspecified atom stereocenters. The summed E-state index contributed by atoms with van der Waals surface area (Å²) in [6.07, 6.45) is 0. The SMILES string of the molecule is O=S(=O)(O)c1cc[c]([Fe]([c]2ccc(S(=O)(=O)O)cc2)([c]2ccc(S(=O)(=O)O)cc2)[c]2ccc(S(=O)(=O)O)cc2)cc1. The van der Waals surface area contributed by atoms with Gasteiger partial charge in [-0.1, -0.05) is 0 Å². The van der Waals surface area contributed by atoms with Crippen LogP contribution in [0.4, 0.5) is 0 Å². The Kier molecular flexibility index (Phi) is 8.09. The molecule has 0 bridgehead atoms. The summed E-state index contributed by atoms with van der Waals surface area (Å²) in [5, 5.41) is 0. The van der Waals surface area contributed by atoms with Crippen LogP contribution in [0, 0.1) is 0 Å². The van der Waals surface area contributed by atoms with Crippen LogP contribution in [0.3, 0.4) is 0 Å². The molecule has 17 heteroatoms. The van der Waals surface area contributed by atoms with Crippen molar-refractivity contribution in [2.24, 2.45) is 0 Å². The van der Waals surface area contributed by atoms with Gasteiger partial charge in [0, 0.05) is 0 Å². The minimum atomic E-state index is -4.59. The molecule has 0 aliphatic heterocycles. The zero-order chi connectivity index (χ0) is 30.4. The number of hydrogen-bond acceptors (Lipinski definition) is 8. The average molecular weight is 685 g/mol. The molecule has 0 amide bonds. The first kappa shape index (κ1) is 31.0. The summed E-state index contributed by atoms with van der Waals surface area (Å²) in [5.41, 5.74) is 0. The Labute approximate surface area is 238 Å². The van der Waals surface area contributed by atoms with Gasteiger partial charge in [0.05, 0.1) is 0 Å². The summed E-state index contributed by atoms with van der Waals surface area (Å²) in [6.45, 7) is 0. The first-order valence-corrected chi connectivity index (χ1v) is 18.8. The monoisotopic (exact) mass is 684 g/mol. The first-order valence-electron chi connectivity index (χ1n) is 10.9. The summed E-state index contributed by atoms with van der Waals surface area (Å²) in [5.74, 6) is 0. The molecule has 0 radical (unpaired) electrons. The van der Waals surface area contributed by atoms with Crippen LogP contribution in [0.2, 0.25) is 0 Å². The van der Waals surface area contributed by atoms with Crippen molar-refractivity contribution in [1.82, 2.24) is 0 Å². The predicted molar refractivity (Wildman–Crippen MR) is 144 cm³/mol. The molecular weight excluding hydrogens is 664 g/mol. The van der Waals surface area contributed by atoms with Crippen LogP contribution >= 0.6 is 0 Å². The molecule has 0 saturated heterocycles. The van der Waals surface area contributed by atoms with Crippen molar-refractivity contribution in [1.29, 1.82) is 0 Å². The molecule has 41 heavy (non-hydrogen) atoms. The van der Waals surface area contributed by atoms with Gasteiger partial charge in [-0.2, -0.15) is 0 Å². The molecule has 4 rings (SSSR count). The van der Waals surface area contributed by atoms with Gasteiger partial charge in [-0.3, -0.25) is 0 Å². The van der Waals surface area contributed by atoms with Crippen molar-refractivity contribution in [2.45, 2.75) is 19.6 Å². The fourth-order valence-corrected chi connectivity index (χ4v) is 10.9. The second-order valence-corrected chi connectivity index (χ2v) is 18.1. The standard InChI is InChI=1S/4C6H5O3S.Fe/c4*7-10(8,9)6-4-2-1-3-5-6;/h4*2-5H,(H,7,8,9);. The van der Waals surface area contributed by atoms with Crippen molar-refractivity contribution in [3.63, 3.8) is 0 Å². The predicted octanol–water partition coefficient (Wildman–Crippen LogP) is 0.429. The molecule has 0 saturated carbocycles. The third kappa shape index (κ3) is 6.29. The molecule has 0 aliphatic rings. The van der Waals surface area contributed by atoms with Crippen molar-refractivity contribution < 1.29 is 64.7 Å². The zero-order valence-corrected chi connectivity index (χ0v) is 24.6. The van der Waals surface area contributed by atoms with Gasteiger partial charge in [-0.25, -0.2) is 0 Å². The third-order valence-corrected chi connectivity index (χ3v) is 14.4. The van der Waals surface area contributed by atoms with Crippen LogP contribution in [0.5, 0.6) is 0 Å². The van der Waals surface area contributed by atoms with E-state index in [0.717, 1.165) is 48.5 Å². The van der Waals surface area contributed by atoms with E-state index in [4.69, 9.17) is 0 Å². The normalized spacial score (nSPS) is 13.6. The van der Waals surface area contributed by atoms with Gasteiger partial charge >= 0.3 is 240 Å². The quantitative estimate of drug-likeness (QED) is 0.147. The zero-order valence-electron chi connectivity index (χ0n) is 20.3. The van der Waals surface area contributed by atoms with E-state index in [0.29, 0.717) is 17.8 Å². The van der Waals surface area contributed by atoms with Crippen LogP contribution < -0.4 is 17.8 Å². The van der Waals surface area contributed by atoms with E-state index in [2.05, 4.69) is 0 Å². The maximum atomic E-state index is 11.7. The van der Waals surface area contributed by atoms with Crippen molar-refractivity contribution in [3.05, 3.63) is 97.1 Å². The van der Waals surface area contributed by atoms with E-state index in [1.807, 2.05) is 0 Å². The van der Waals surface area contributed by atoms with Gasteiger partial charge in [0.2, 0.25) is 0 Å². The number of benzene rings is 4. The van der Waals surface area contributed by atoms with Gasteiger partial charge < -0.3 is 0 Å². The summed E-state index contributed by atoms with van der Waals surface area (Å²) in [7, 11) is -18.4. The van der Waals surface area contributed by atoms with Gasteiger partial charge in [0.1, 0.15) is 0 Å². The van der Waals surface area contributed by atoms with E-state index in [-0.39, 0.29) is 0 Å². The Morgan fingerprint density at radius 3 is 0.585 bits per heavy atom. The molecule has 12 nitrogen and oxygen atoms in total. The first-order chi connectivity index (χ1) is 18.8. The Hall–Kier alpha value is -2.96. The third-order valence-electron chi connectivity index (χ3n) is 5.64. The Balaban J connectivity index is 2.15. The fraction of sp³-hybridized carbons (Fsp3) is 0. The summed E-state index contributed by atoms with van der Waals surface area (Å²) in [6, 6.07) is 20.0. The Morgan fingerprint density at radius 2 is 0.463 bits per heavy atom. The summed E-state index contributed by atoms with van der Waals surface area (Å²) >= 11 is -3.52. The minimum absolute atomic E-state index is 0.406. The van der Waals surface area contributed by atoms with Crippen molar-refractivity contribution in [3.8, 4) is 0 Å². The molecule has 0 atom stereocenters. The Morgan fingerprint density at radius 1 is 0.317 bits per heavy atom. The van der Waals surface area contributed by atoms with Crippen molar-refractivity contribution >= 4 is 58.3 Å². The van der Waals surface area contributed by atoms with Crippen LogP contribution in [-0.4, -0.2) is 51.9 Å². The maximum absolute atomic E-state index is 11.7. The van der Waals surface area contributed by atoms with E-state index in [1.54, 1.807) is 0 Å². The second kappa shape index (κ2) is 10.7. The van der Waals surface area contributed by atoms with E-state index in [9.17, 15) is 51.9 Å². The Bertz CT molecular complexity index is 1730. The molecule has 0 aromatic heterocycles. The number of hydrogen-bond donors (Lipinski definition) is 4. The fourth-order valence-electron chi connectivity index (χ4n) is 3.82. The molecule has 0 aliphatic carbocycles. The van der Waals surface area contributed by atoms with Gasteiger partial charge in [-0.15, -0.1) is 0 Å². The van der Waals surface area contributed by atoms with Gasteiger partial charge in [0.25, 0.3) is 0 Å². The second-order valence-electron chi connectivity index (χ2n) is 8.19. The van der Waals surface area contributed by atoms with Gasteiger partial charge in [-0.05, 0) is 0 Å². The topological polar surface area (TPSA) is 217 Å². The molecule has 4 aromatic rings. The van der Waals surface area contributed by atoms with Crippen LogP contribution in [-0.2, 0) is 53.3 Å². The van der Waals surface area contributed by atoms with Gasteiger partial charge in [0.15, 0.2) is 0 Å². The molecule has 220 valence electrons. The van der Waals surface area contributed by atoms with Crippen LogP contribution in [0.1, 0.15) is 0 Å². The van der Waals surface area contributed by atoms with E-state index >= 15 is 0 Å². The van der Waals surface area contributed by atoms with Crippen molar-refractivity contribution in [2.75, 3.05) is 0 Å². The van der Waals surface area contributed by atoms with Crippen LogP contribution in [0.15, 0.2) is 117 Å². The molecule has 4 N–H and O–H groups in total. The van der Waals surface area contributed by atoms with E-state index in [1.165, 1.54) is 48.5 Å². The molecular formula is C24H20FeO12S4.